The predicted molar refractivity (Wildman–Crippen MR) is 106 cm³/mol. The van der Waals surface area contributed by atoms with Crippen LogP contribution in [0.3, 0.4) is 0 Å². The predicted octanol–water partition coefficient (Wildman–Crippen LogP) is 2.75. The number of aryl methyl sites for hydroxylation is 1. The van der Waals surface area contributed by atoms with Gasteiger partial charge in [-0.15, -0.1) is 0 Å². The van der Waals surface area contributed by atoms with Gasteiger partial charge < -0.3 is 10.3 Å². The molecule has 0 spiro atoms. The highest BCUT2D eigenvalue weighted by atomic mass is 35.5. The Morgan fingerprint density at radius 2 is 1.89 bits per heavy atom. The fourth-order valence-corrected chi connectivity index (χ4v) is 2.99. The second kappa shape index (κ2) is 8.22. The van der Waals surface area contributed by atoms with E-state index < -0.39 is 5.69 Å². The Labute approximate surface area is 160 Å². The third-order valence-corrected chi connectivity index (χ3v) is 4.57. The summed E-state index contributed by atoms with van der Waals surface area (Å²) in [5, 5.41) is 3.68. The normalized spacial score (nSPS) is 10.9. The number of benzene rings is 2. The number of aromatic nitrogens is 2. The zero-order chi connectivity index (χ0) is 19.4. The summed E-state index contributed by atoms with van der Waals surface area (Å²) in [6.45, 7) is 2.63. The lowest BCUT2D eigenvalue weighted by atomic mass is 10.1. The average molecular weight is 386 g/mol. The number of nitrogens with one attached hydrogen (secondary N) is 2. The lowest BCUT2D eigenvalue weighted by Crippen LogP contribution is -2.35. The lowest BCUT2D eigenvalue weighted by molar-refractivity contribution is -0.121. The number of carbonyl (C=O) groups excluding carboxylic acids is 1. The van der Waals surface area contributed by atoms with E-state index in [4.69, 9.17) is 11.6 Å². The van der Waals surface area contributed by atoms with Crippen molar-refractivity contribution in [3.63, 3.8) is 0 Å². The van der Waals surface area contributed by atoms with E-state index in [0.717, 1.165) is 10.1 Å². The highest BCUT2D eigenvalue weighted by molar-refractivity contribution is 6.31. The maximum absolute atomic E-state index is 12.5. The maximum Gasteiger partial charge on any atom is 0.328 e. The summed E-state index contributed by atoms with van der Waals surface area (Å²) in [4.78, 5) is 39.3. The van der Waals surface area contributed by atoms with Crippen molar-refractivity contribution < 1.29 is 4.79 Å². The summed E-state index contributed by atoms with van der Waals surface area (Å²) in [6.07, 6.45) is 0.623. The van der Waals surface area contributed by atoms with Gasteiger partial charge in [0.1, 0.15) is 0 Å². The molecule has 0 fully saturated rings. The van der Waals surface area contributed by atoms with Crippen LogP contribution in [0.5, 0.6) is 0 Å². The van der Waals surface area contributed by atoms with Gasteiger partial charge in [0.15, 0.2) is 0 Å². The van der Waals surface area contributed by atoms with Crippen LogP contribution in [0.2, 0.25) is 5.02 Å². The third kappa shape index (κ3) is 4.65. The molecule has 140 valence electrons. The van der Waals surface area contributed by atoms with Gasteiger partial charge in [0.05, 0.1) is 10.9 Å². The van der Waals surface area contributed by atoms with Crippen LogP contribution in [-0.4, -0.2) is 15.5 Å². The maximum atomic E-state index is 12.5. The quantitative estimate of drug-likeness (QED) is 0.684. The molecule has 27 heavy (non-hydrogen) atoms. The summed E-state index contributed by atoms with van der Waals surface area (Å²) in [6, 6.07) is 12.7. The van der Waals surface area contributed by atoms with Gasteiger partial charge in [-0.3, -0.25) is 14.2 Å². The number of rotatable bonds is 6. The number of nitrogens with zero attached hydrogens (tertiary/aromatic N) is 1. The summed E-state index contributed by atoms with van der Waals surface area (Å²) in [5.74, 6) is -0.118. The Bertz CT molecular complexity index is 1080. The van der Waals surface area contributed by atoms with Gasteiger partial charge in [0, 0.05) is 24.5 Å². The van der Waals surface area contributed by atoms with Crippen molar-refractivity contribution >= 4 is 28.4 Å². The largest absolute Gasteiger partial charge is 0.352 e. The van der Waals surface area contributed by atoms with Crippen molar-refractivity contribution in [2.75, 3.05) is 0 Å². The molecule has 1 aromatic heterocycles. The molecule has 0 aliphatic rings. The van der Waals surface area contributed by atoms with Gasteiger partial charge in [-0.05, 0) is 37.1 Å². The number of amides is 1. The Balaban J connectivity index is 1.59. The molecule has 0 bridgehead atoms. The minimum atomic E-state index is -0.505. The first-order valence-electron chi connectivity index (χ1n) is 8.68. The van der Waals surface area contributed by atoms with Gasteiger partial charge in [-0.2, -0.15) is 0 Å². The molecule has 1 heterocycles. The van der Waals surface area contributed by atoms with Crippen LogP contribution in [-0.2, 0) is 17.9 Å². The van der Waals surface area contributed by atoms with Gasteiger partial charge in [0.2, 0.25) is 5.91 Å². The van der Waals surface area contributed by atoms with Crippen molar-refractivity contribution in [2.24, 2.45) is 0 Å². The van der Waals surface area contributed by atoms with E-state index in [-0.39, 0.29) is 24.4 Å². The number of aromatic amines is 1. The van der Waals surface area contributed by atoms with Crippen molar-refractivity contribution in [3.8, 4) is 0 Å². The van der Waals surface area contributed by atoms with Gasteiger partial charge in [0.25, 0.3) is 5.56 Å². The van der Waals surface area contributed by atoms with Crippen molar-refractivity contribution in [1.82, 2.24) is 14.9 Å². The van der Waals surface area contributed by atoms with Crippen molar-refractivity contribution in [2.45, 2.75) is 32.9 Å². The molecule has 0 saturated heterocycles. The van der Waals surface area contributed by atoms with E-state index in [1.54, 1.807) is 18.2 Å². The van der Waals surface area contributed by atoms with E-state index >= 15 is 0 Å². The topological polar surface area (TPSA) is 84.0 Å². The summed E-state index contributed by atoms with van der Waals surface area (Å²) in [7, 11) is 0. The standard InChI is InChI=1S/C20H20ClN3O3/c1-13-4-6-14(7-5-13)12-22-18(25)3-2-10-24-19(26)16-9-8-15(21)11-17(16)23-20(24)27/h4-9,11H,2-3,10,12H2,1H3,(H,22,25)(H,23,27). The minimum Gasteiger partial charge on any atom is -0.352 e. The lowest BCUT2D eigenvalue weighted by Gasteiger charge is -2.08. The molecule has 0 saturated carbocycles. The number of H-pyrrole nitrogens is 1. The van der Waals surface area contributed by atoms with Crippen LogP contribution in [0.15, 0.2) is 52.1 Å². The Morgan fingerprint density at radius 3 is 2.63 bits per heavy atom. The van der Waals surface area contributed by atoms with Gasteiger partial charge in [-0.25, -0.2) is 4.79 Å². The first-order valence-corrected chi connectivity index (χ1v) is 9.06. The minimum absolute atomic E-state index is 0.118. The van der Waals surface area contributed by atoms with Crippen LogP contribution >= 0.6 is 11.6 Å². The Kier molecular flexibility index (Phi) is 5.76. The molecule has 0 aliphatic heterocycles. The summed E-state index contributed by atoms with van der Waals surface area (Å²) >= 11 is 5.89. The number of fused-ring (bicyclic) bond motifs is 1. The molecular formula is C20H20ClN3O3. The van der Waals surface area contributed by atoms with Crippen LogP contribution in [0.1, 0.15) is 24.0 Å². The molecule has 0 unspecified atom stereocenters. The number of hydrogen-bond donors (Lipinski definition) is 2. The molecule has 6 nitrogen and oxygen atoms in total. The molecular weight excluding hydrogens is 366 g/mol. The molecule has 3 aromatic rings. The SMILES string of the molecule is Cc1ccc(CNC(=O)CCCn2c(=O)[nH]c3cc(Cl)ccc3c2=O)cc1. The molecule has 2 aromatic carbocycles. The third-order valence-electron chi connectivity index (χ3n) is 4.34. The number of carbonyl (C=O) groups is 1. The van der Waals surface area contributed by atoms with E-state index in [1.807, 2.05) is 31.2 Å². The molecule has 0 aliphatic carbocycles. The number of hydrogen-bond acceptors (Lipinski definition) is 3. The Hall–Kier alpha value is -2.86. The van der Waals surface area contributed by atoms with E-state index in [1.165, 1.54) is 5.56 Å². The van der Waals surface area contributed by atoms with Crippen LogP contribution < -0.4 is 16.6 Å². The second-order valence-corrected chi connectivity index (χ2v) is 6.88. The van der Waals surface area contributed by atoms with E-state index in [9.17, 15) is 14.4 Å². The highest BCUT2D eigenvalue weighted by Crippen LogP contribution is 2.13. The van der Waals surface area contributed by atoms with Gasteiger partial charge >= 0.3 is 5.69 Å². The molecule has 1 amide bonds. The van der Waals surface area contributed by atoms with E-state index in [0.29, 0.717) is 28.9 Å². The van der Waals surface area contributed by atoms with Crippen molar-refractivity contribution in [3.05, 3.63) is 79.5 Å². The van der Waals surface area contributed by atoms with E-state index in [2.05, 4.69) is 10.3 Å². The van der Waals surface area contributed by atoms with Crippen molar-refractivity contribution in [1.29, 1.82) is 0 Å². The zero-order valence-corrected chi connectivity index (χ0v) is 15.7. The average Bonchev–Trinajstić information content (AvgIpc) is 2.63. The Morgan fingerprint density at radius 1 is 1.15 bits per heavy atom. The monoisotopic (exact) mass is 385 g/mol. The van der Waals surface area contributed by atoms with Crippen LogP contribution in [0, 0.1) is 6.92 Å². The van der Waals surface area contributed by atoms with Crippen LogP contribution in [0.4, 0.5) is 0 Å². The first-order chi connectivity index (χ1) is 12.9. The molecule has 7 heteroatoms. The fraction of sp³-hybridized carbons (Fsp3) is 0.250. The van der Waals surface area contributed by atoms with Crippen LogP contribution in [0.25, 0.3) is 10.9 Å². The molecule has 2 N–H and O–H groups in total. The second-order valence-electron chi connectivity index (χ2n) is 6.44. The van der Waals surface area contributed by atoms with Gasteiger partial charge in [-0.1, -0.05) is 41.4 Å². The molecule has 0 radical (unpaired) electrons. The zero-order valence-electron chi connectivity index (χ0n) is 14.9. The number of halogens is 1. The first kappa shape index (κ1) is 18.9. The summed E-state index contributed by atoms with van der Waals surface area (Å²) < 4.78 is 1.11. The molecule has 0 atom stereocenters. The summed E-state index contributed by atoms with van der Waals surface area (Å²) in [5.41, 5.74) is 1.71. The highest BCUT2D eigenvalue weighted by Gasteiger charge is 2.09. The molecule has 3 rings (SSSR count). The fourth-order valence-electron chi connectivity index (χ4n) is 2.82. The smallest absolute Gasteiger partial charge is 0.328 e.